The zero-order valence-electron chi connectivity index (χ0n) is 18.7. The Hall–Kier alpha value is -1.10. The fourth-order valence-electron chi connectivity index (χ4n) is 8.69. The van der Waals surface area contributed by atoms with Crippen LogP contribution in [0.25, 0.3) is 0 Å². The zero-order valence-corrected chi connectivity index (χ0v) is 18.7. The topological polar surface area (TPSA) is 72.8 Å². The highest BCUT2D eigenvalue weighted by molar-refractivity contribution is 5.66. The first-order valence-corrected chi connectivity index (χ1v) is 11.5. The third-order valence-corrected chi connectivity index (χ3v) is 9.36. The molecule has 29 heavy (non-hydrogen) atoms. The van der Waals surface area contributed by atoms with E-state index in [4.69, 9.17) is 9.47 Å². The molecule has 0 amide bonds. The number of ether oxygens (including phenoxy) is 2. The Balaban J connectivity index is 1.61. The summed E-state index contributed by atoms with van der Waals surface area (Å²) in [7, 11) is 0. The summed E-state index contributed by atoms with van der Waals surface area (Å²) in [4.78, 5) is 23.1. The lowest BCUT2D eigenvalue weighted by Crippen LogP contribution is -2.64. The molecular formula is C24H38O5. The Morgan fingerprint density at radius 1 is 0.897 bits per heavy atom. The predicted octanol–water partition coefficient (Wildman–Crippen LogP) is 4.25. The summed E-state index contributed by atoms with van der Waals surface area (Å²) in [6.45, 7) is 9.65. The highest BCUT2D eigenvalue weighted by Crippen LogP contribution is 2.69. The van der Waals surface area contributed by atoms with Gasteiger partial charge < -0.3 is 14.6 Å². The molecule has 0 aliphatic heterocycles. The van der Waals surface area contributed by atoms with Crippen molar-refractivity contribution >= 4 is 11.9 Å². The molecule has 4 rings (SSSR count). The molecule has 0 spiro atoms. The molecule has 0 bridgehead atoms. The summed E-state index contributed by atoms with van der Waals surface area (Å²) in [5.74, 6) is 1.31. The lowest BCUT2D eigenvalue weighted by atomic mass is 9.41. The average Bonchev–Trinajstić information content (AvgIpc) is 2.88. The summed E-state index contributed by atoms with van der Waals surface area (Å²) >= 11 is 0. The molecule has 0 aromatic carbocycles. The average molecular weight is 407 g/mol. The highest BCUT2D eigenvalue weighted by Gasteiger charge is 2.67. The van der Waals surface area contributed by atoms with Crippen LogP contribution >= 0.6 is 0 Å². The van der Waals surface area contributed by atoms with Crippen molar-refractivity contribution in [3.63, 3.8) is 0 Å². The molecule has 4 fully saturated rings. The second-order valence-corrected chi connectivity index (χ2v) is 11.2. The van der Waals surface area contributed by atoms with Gasteiger partial charge in [0.2, 0.25) is 0 Å². The van der Waals surface area contributed by atoms with E-state index in [1.807, 2.05) is 6.92 Å². The van der Waals surface area contributed by atoms with E-state index in [2.05, 4.69) is 13.8 Å². The van der Waals surface area contributed by atoms with E-state index in [1.165, 1.54) is 13.8 Å². The van der Waals surface area contributed by atoms with E-state index in [-0.39, 0.29) is 40.9 Å². The molecule has 0 radical (unpaired) electrons. The molecular weight excluding hydrogens is 368 g/mol. The molecule has 0 saturated heterocycles. The van der Waals surface area contributed by atoms with Gasteiger partial charge >= 0.3 is 11.9 Å². The third kappa shape index (κ3) is 3.32. The molecule has 0 aromatic rings. The fraction of sp³-hybridized carbons (Fsp3) is 0.917. The number of carbonyl (C=O) groups excluding carboxylic acids is 2. The third-order valence-electron chi connectivity index (χ3n) is 9.36. The van der Waals surface area contributed by atoms with Crippen LogP contribution in [0.2, 0.25) is 0 Å². The van der Waals surface area contributed by atoms with Crippen molar-refractivity contribution in [2.45, 2.75) is 104 Å². The molecule has 0 unspecified atom stereocenters. The molecule has 0 aromatic heterocycles. The Bertz CT molecular complexity index is 687. The van der Waals surface area contributed by atoms with Crippen LogP contribution in [0.4, 0.5) is 0 Å². The van der Waals surface area contributed by atoms with Crippen LogP contribution in [0.15, 0.2) is 0 Å². The summed E-state index contributed by atoms with van der Waals surface area (Å²) < 4.78 is 11.3. The molecule has 0 heterocycles. The predicted molar refractivity (Wildman–Crippen MR) is 109 cm³/mol. The molecule has 9 atom stereocenters. The lowest BCUT2D eigenvalue weighted by Gasteiger charge is -2.65. The quantitative estimate of drug-likeness (QED) is 0.694. The van der Waals surface area contributed by atoms with Crippen molar-refractivity contribution in [1.82, 2.24) is 0 Å². The van der Waals surface area contributed by atoms with Gasteiger partial charge in [-0.2, -0.15) is 0 Å². The van der Waals surface area contributed by atoms with Crippen LogP contribution in [-0.2, 0) is 19.1 Å². The smallest absolute Gasteiger partial charge is 0.302 e. The minimum Gasteiger partial charge on any atom is -0.463 e. The molecule has 4 saturated carbocycles. The number of rotatable bonds is 2. The minimum absolute atomic E-state index is 0.0285. The van der Waals surface area contributed by atoms with E-state index >= 15 is 0 Å². The Morgan fingerprint density at radius 2 is 1.59 bits per heavy atom. The second-order valence-electron chi connectivity index (χ2n) is 11.2. The van der Waals surface area contributed by atoms with Crippen molar-refractivity contribution in [3.8, 4) is 0 Å². The first-order chi connectivity index (χ1) is 13.5. The van der Waals surface area contributed by atoms with Gasteiger partial charge in [-0.1, -0.05) is 13.8 Å². The summed E-state index contributed by atoms with van der Waals surface area (Å²) in [5, 5.41) is 11.8. The van der Waals surface area contributed by atoms with Gasteiger partial charge in [-0.3, -0.25) is 9.59 Å². The van der Waals surface area contributed by atoms with Gasteiger partial charge in [0.1, 0.15) is 12.2 Å². The minimum atomic E-state index is -0.777. The van der Waals surface area contributed by atoms with E-state index in [0.29, 0.717) is 24.2 Å². The zero-order chi connectivity index (χ0) is 21.2. The normalized spacial score (nSPS) is 51.4. The van der Waals surface area contributed by atoms with Crippen molar-refractivity contribution in [2.24, 2.45) is 34.5 Å². The van der Waals surface area contributed by atoms with Gasteiger partial charge in [-0.25, -0.2) is 0 Å². The number of fused-ring (bicyclic) bond motifs is 5. The van der Waals surface area contributed by atoms with Crippen LogP contribution in [-0.4, -0.2) is 34.9 Å². The number of aliphatic hydroxyl groups is 1. The van der Waals surface area contributed by atoms with Crippen LogP contribution in [0.5, 0.6) is 0 Å². The fourth-order valence-corrected chi connectivity index (χ4v) is 8.69. The maximum atomic E-state index is 11.8. The molecule has 4 aliphatic carbocycles. The van der Waals surface area contributed by atoms with Crippen molar-refractivity contribution in [3.05, 3.63) is 0 Å². The summed E-state index contributed by atoms with van der Waals surface area (Å²) in [6, 6.07) is 0. The van der Waals surface area contributed by atoms with Crippen LogP contribution in [0.3, 0.4) is 0 Å². The first kappa shape index (κ1) is 21.1. The summed E-state index contributed by atoms with van der Waals surface area (Å²) in [6.07, 6.45) is 7.71. The van der Waals surface area contributed by atoms with E-state index in [9.17, 15) is 14.7 Å². The van der Waals surface area contributed by atoms with Gasteiger partial charge in [0.25, 0.3) is 0 Å². The van der Waals surface area contributed by atoms with Gasteiger partial charge in [-0.05, 0) is 87.4 Å². The Labute approximate surface area is 174 Å². The number of hydrogen-bond acceptors (Lipinski definition) is 5. The van der Waals surface area contributed by atoms with Crippen molar-refractivity contribution < 1.29 is 24.2 Å². The molecule has 4 aliphatic rings. The van der Waals surface area contributed by atoms with Crippen molar-refractivity contribution in [2.75, 3.05) is 0 Å². The Kier molecular flexibility index (Phi) is 5.08. The number of esters is 2. The monoisotopic (exact) mass is 406 g/mol. The van der Waals surface area contributed by atoms with Crippen LogP contribution in [0, 0.1) is 34.5 Å². The maximum absolute atomic E-state index is 11.8. The lowest BCUT2D eigenvalue weighted by molar-refractivity contribution is -0.228. The molecule has 1 N–H and O–H groups in total. The largest absolute Gasteiger partial charge is 0.463 e. The van der Waals surface area contributed by atoms with Crippen LogP contribution < -0.4 is 0 Å². The molecule has 5 heteroatoms. The van der Waals surface area contributed by atoms with Crippen LogP contribution in [0.1, 0.15) is 86.0 Å². The van der Waals surface area contributed by atoms with Gasteiger partial charge in [-0.15, -0.1) is 0 Å². The second kappa shape index (κ2) is 6.96. The van der Waals surface area contributed by atoms with Gasteiger partial charge in [0.15, 0.2) is 0 Å². The highest BCUT2D eigenvalue weighted by atomic mass is 16.5. The van der Waals surface area contributed by atoms with E-state index < -0.39 is 5.60 Å². The van der Waals surface area contributed by atoms with Gasteiger partial charge in [0.05, 0.1) is 5.60 Å². The molecule has 5 nitrogen and oxygen atoms in total. The van der Waals surface area contributed by atoms with E-state index in [1.54, 1.807) is 0 Å². The van der Waals surface area contributed by atoms with Gasteiger partial charge in [0, 0.05) is 19.3 Å². The standard InChI is InChI=1S/C24H38O5/c1-14(25)28-17-10-11-22(3)16(12-17)6-7-18-19-8-9-20(29-15(2)26)23(19,4)13-24(5,27)21(18)22/h16-21,27H,6-13H2,1-5H3/t16-,17+,18-,19-,20+,21-,22-,23-,24-/m0/s1. The van der Waals surface area contributed by atoms with E-state index in [0.717, 1.165) is 44.9 Å². The Morgan fingerprint density at radius 3 is 2.24 bits per heavy atom. The first-order valence-electron chi connectivity index (χ1n) is 11.5. The van der Waals surface area contributed by atoms with Crippen molar-refractivity contribution in [1.29, 1.82) is 0 Å². The number of hydrogen-bond donors (Lipinski definition) is 1. The number of carbonyl (C=O) groups is 2. The maximum Gasteiger partial charge on any atom is 0.302 e. The SMILES string of the molecule is CC(=O)O[C@@H]1CC[C@@]2(C)[C@@H](CC[C@H]3[C@@H]4CC[C@@H](OC(C)=O)[C@@]4(C)C[C@](C)(O)[C@@H]32)C1. The summed E-state index contributed by atoms with van der Waals surface area (Å²) in [5.41, 5.74) is -0.848. The molecule has 164 valence electrons.